The number of hydrogen-bond acceptors (Lipinski definition) is 5. The molecule has 0 spiro atoms. The number of nitrogens with zero attached hydrogens (tertiary/aromatic N) is 3. The van der Waals surface area contributed by atoms with Gasteiger partial charge in [0.1, 0.15) is 5.82 Å². The lowest BCUT2D eigenvalue weighted by molar-refractivity contribution is -0.125. The number of carbonyl (C=O) groups is 1. The minimum atomic E-state index is -0.358. The lowest BCUT2D eigenvalue weighted by atomic mass is 9.97. The molecule has 0 bridgehead atoms. The van der Waals surface area contributed by atoms with Crippen LogP contribution in [-0.4, -0.2) is 48.4 Å². The summed E-state index contributed by atoms with van der Waals surface area (Å²) in [5.41, 5.74) is -0.692. The van der Waals surface area contributed by atoms with Crippen LogP contribution in [-0.2, 0) is 23.6 Å². The Bertz CT molecular complexity index is 694. The van der Waals surface area contributed by atoms with Gasteiger partial charge in [0.15, 0.2) is 0 Å². The Labute approximate surface area is 141 Å². The number of methoxy groups -OCH3 is 1. The van der Waals surface area contributed by atoms with Crippen LogP contribution in [0.5, 0.6) is 0 Å². The van der Waals surface area contributed by atoms with Gasteiger partial charge in [-0.2, -0.15) is 0 Å². The van der Waals surface area contributed by atoms with Crippen molar-refractivity contribution in [1.82, 2.24) is 14.5 Å². The first-order valence-electron chi connectivity index (χ1n) is 8.24. The summed E-state index contributed by atoms with van der Waals surface area (Å²) in [5, 5.41) is 2.93. The van der Waals surface area contributed by atoms with Crippen LogP contribution in [0, 0.1) is 5.92 Å². The smallest absolute Gasteiger partial charge is 0.332 e. The second-order valence-corrected chi connectivity index (χ2v) is 6.16. The van der Waals surface area contributed by atoms with Gasteiger partial charge in [-0.05, 0) is 19.3 Å². The molecule has 24 heavy (non-hydrogen) atoms. The Balaban J connectivity index is 2.07. The number of aromatic nitrogens is 2. The molecule has 1 aliphatic rings. The third-order valence-electron chi connectivity index (χ3n) is 4.44. The van der Waals surface area contributed by atoms with Crippen molar-refractivity contribution in [1.29, 1.82) is 0 Å². The van der Waals surface area contributed by atoms with Gasteiger partial charge in [0.2, 0.25) is 5.91 Å². The van der Waals surface area contributed by atoms with Crippen molar-refractivity contribution in [2.45, 2.75) is 19.3 Å². The molecule has 0 aliphatic carbocycles. The van der Waals surface area contributed by atoms with Crippen LogP contribution in [0.1, 0.15) is 19.3 Å². The number of rotatable bonds is 6. The summed E-state index contributed by atoms with van der Waals surface area (Å²) in [6.07, 6.45) is 2.44. The summed E-state index contributed by atoms with van der Waals surface area (Å²) < 4.78 is 7.50. The van der Waals surface area contributed by atoms with Crippen molar-refractivity contribution in [2.75, 3.05) is 38.3 Å². The maximum atomic E-state index is 12.3. The van der Waals surface area contributed by atoms with Gasteiger partial charge >= 0.3 is 5.69 Å². The molecule has 1 N–H and O–H groups in total. The fourth-order valence-electron chi connectivity index (χ4n) is 3.00. The average Bonchev–Trinajstić information content (AvgIpc) is 2.60. The molecular formula is C16H26N4O4. The zero-order chi connectivity index (χ0) is 17.7. The highest BCUT2D eigenvalue weighted by Gasteiger charge is 2.27. The van der Waals surface area contributed by atoms with Crippen LogP contribution in [0.3, 0.4) is 0 Å². The molecule has 1 aliphatic heterocycles. The van der Waals surface area contributed by atoms with Crippen molar-refractivity contribution in [3.63, 3.8) is 0 Å². The zero-order valence-corrected chi connectivity index (χ0v) is 14.6. The quantitative estimate of drug-likeness (QED) is 0.704. The molecule has 1 aromatic heterocycles. The van der Waals surface area contributed by atoms with Gasteiger partial charge in [-0.3, -0.25) is 18.7 Å². The van der Waals surface area contributed by atoms with E-state index in [1.54, 1.807) is 14.2 Å². The molecule has 8 heteroatoms. The molecule has 8 nitrogen and oxygen atoms in total. The number of amides is 1. The molecule has 0 aromatic carbocycles. The molecule has 2 rings (SSSR count). The first-order chi connectivity index (χ1) is 11.5. The van der Waals surface area contributed by atoms with E-state index in [2.05, 4.69) is 5.32 Å². The van der Waals surface area contributed by atoms with Gasteiger partial charge in [0.25, 0.3) is 5.56 Å². The van der Waals surface area contributed by atoms with E-state index in [-0.39, 0.29) is 23.1 Å². The SMILES string of the molecule is COCCCNC(=O)C1CCCN(c2cc(=O)n(C)c(=O)n2C)C1. The predicted molar refractivity (Wildman–Crippen MR) is 91.4 cm³/mol. The van der Waals surface area contributed by atoms with Crippen LogP contribution >= 0.6 is 0 Å². The fraction of sp³-hybridized carbons (Fsp3) is 0.688. The zero-order valence-electron chi connectivity index (χ0n) is 14.6. The highest BCUT2D eigenvalue weighted by Crippen LogP contribution is 2.21. The summed E-state index contributed by atoms with van der Waals surface area (Å²) in [5.74, 6) is 0.449. The molecule has 1 unspecified atom stereocenters. The lowest BCUT2D eigenvalue weighted by Gasteiger charge is -2.34. The minimum Gasteiger partial charge on any atom is -0.385 e. The molecule has 1 fully saturated rings. The molecule has 1 atom stereocenters. The van der Waals surface area contributed by atoms with Gasteiger partial charge in [-0.1, -0.05) is 0 Å². The molecule has 134 valence electrons. The molecule has 1 aromatic rings. The summed E-state index contributed by atoms with van der Waals surface area (Å²) in [7, 11) is 4.74. The highest BCUT2D eigenvalue weighted by atomic mass is 16.5. The normalized spacial score (nSPS) is 17.8. The summed E-state index contributed by atoms with van der Waals surface area (Å²) in [6, 6.07) is 1.46. The maximum Gasteiger partial charge on any atom is 0.332 e. The largest absolute Gasteiger partial charge is 0.385 e. The van der Waals surface area contributed by atoms with Crippen LogP contribution in [0.15, 0.2) is 15.7 Å². The minimum absolute atomic E-state index is 0.0182. The van der Waals surface area contributed by atoms with E-state index in [9.17, 15) is 14.4 Å². The maximum absolute atomic E-state index is 12.3. The number of ether oxygens (including phenoxy) is 1. The Hall–Kier alpha value is -2.09. The summed E-state index contributed by atoms with van der Waals surface area (Å²) in [6.45, 7) is 2.45. The predicted octanol–water partition coefficient (Wildman–Crippen LogP) is -0.547. The van der Waals surface area contributed by atoms with E-state index < -0.39 is 0 Å². The number of carbonyl (C=O) groups excluding carboxylic acids is 1. The van der Waals surface area contributed by atoms with Crippen LogP contribution in [0.4, 0.5) is 5.82 Å². The fourth-order valence-corrected chi connectivity index (χ4v) is 3.00. The first-order valence-corrected chi connectivity index (χ1v) is 8.24. The third-order valence-corrected chi connectivity index (χ3v) is 4.44. The molecule has 1 amide bonds. The van der Waals surface area contributed by atoms with E-state index in [0.717, 1.165) is 30.4 Å². The first kappa shape index (κ1) is 18.3. The molecule has 2 heterocycles. The number of anilines is 1. The Morgan fingerprint density at radius 3 is 2.79 bits per heavy atom. The third kappa shape index (κ3) is 4.05. The summed E-state index contributed by atoms with van der Waals surface area (Å²) >= 11 is 0. The van der Waals surface area contributed by atoms with E-state index in [1.165, 1.54) is 17.7 Å². The van der Waals surface area contributed by atoms with E-state index in [1.807, 2.05) is 4.90 Å². The highest BCUT2D eigenvalue weighted by molar-refractivity contribution is 5.79. The standard InChI is InChI=1S/C16H26N4O4/c1-18-13(10-14(21)19(2)16(18)23)20-8-4-6-12(11-20)15(22)17-7-5-9-24-3/h10,12H,4-9,11H2,1-3H3,(H,17,22). The van der Waals surface area contributed by atoms with Gasteiger partial charge < -0.3 is 15.0 Å². The second-order valence-electron chi connectivity index (χ2n) is 6.16. The second kappa shape index (κ2) is 8.14. The van der Waals surface area contributed by atoms with Gasteiger partial charge in [-0.15, -0.1) is 0 Å². The van der Waals surface area contributed by atoms with Crippen LogP contribution < -0.4 is 21.5 Å². The number of piperidine rings is 1. The van der Waals surface area contributed by atoms with Crippen LogP contribution in [0.2, 0.25) is 0 Å². The molecule has 1 saturated heterocycles. The average molecular weight is 338 g/mol. The van der Waals surface area contributed by atoms with E-state index >= 15 is 0 Å². The Kier molecular flexibility index (Phi) is 6.19. The number of nitrogens with one attached hydrogen (secondary N) is 1. The lowest BCUT2D eigenvalue weighted by Crippen LogP contribution is -2.46. The molecular weight excluding hydrogens is 312 g/mol. The van der Waals surface area contributed by atoms with Crippen molar-refractivity contribution in [2.24, 2.45) is 20.0 Å². The summed E-state index contributed by atoms with van der Waals surface area (Å²) in [4.78, 5) is 38.2. The topological polar surface area (TPSA) is 85.6 Å². The van der Waals surface area contributed by atoms with Crippen molar-refractivity contribution in [3.8, 4) is 0 Å². The molecule has 0 radical (unpaired) electrons. The Morgan fingerprint density at radius 2 is 2.08 bits per heavy atom. The Morgan fingerprint density at radius 1 is 1.33 bits per heavy atom. The molecule has 0 saturated carbocycles. The van der Waals surface area contributed by atoms with Crippen molar-refractivity contribution in [3.05, 3.63) is 26.9 Å². The van der Waals surface area contributed by atoms with Crippen molar-refractivity contribution < 1.29 is 9.53 Å². The monoisotopic (exact) mass is 338 g/mol. The van der Waals surface area contributed by atoms with Gasteiger partial charge in [0.05, 0.1) is 5.92 Å². The van der Waals surface area contributed by atoms with Crippen LogP contribution in [0.25, 0.3) is 0 Å². The number of hydrogen-bond donors (Lipinski definition) is 1. The van der Waals surface area contributed by atoms with E-state index in [0.29, 0.717) is 25.5 Å². The van der Waals surface area contributed by atoms with Gasteiger partial charge in [0, 0.05) is 53.5 Å². The van der Waals surface area contributed by atoms with Gasteiger partial charge in [-0.25, -0.2) is 4.79 Å². The van der Waals surface area contributed by atoms with E-state index in [4.69, 9.17) is 4.74 Å². The van der Waals surface area contributed by atoms with Crippen molar-refractivity contribution >= 4 is 11.7 Å².